The normalized spacial score (nSPS) is 16.7. The van der Waals surface area contributed by atoms with E-state index in [4.69, 9.17) is 4.74 Å². The van der Waals surface area contributed by atoms with E-state index < -0.39 is 0 Å². The van der Waals surface area contributed by atoms with Gasteiger partial charge in [0, 0.05) is 0 Å². The van der Waals surface area contributed by atoms with Gasteiger partial charge in [-0.1, -0.05) is 61.7 Å². The number of rotatable bonds is 4. The second-order valence-electron chi connectivity index (χ2n) is 6.05. The molecule has 112 valence electrons. The summed E-state index contributed by atoms with van der Waals surface area (Å²) in [5.74, 6) is 0.858. The van der Waals surface area contributed by atoms with Crippen LogP contribution in [0.25, 0.3) is 0 Å². The molecule has 0 amide bonds. The van der Waals surface area contributed by atoms with Crippen LogP contribution in [0.5, 0.6) is 5.75 Å². The number of hydrogen-bond acceptors (Lipinski definition) is 2. The molecule has 0 atom stereocenters. The Kier molecular flexibility index (Phi) is 4.44. The molecule has 0 heterocycles. The minimum absolute atomic E-state index is 0.282. The van der Waals surface area contributed by atoms with Gasteiger partial charge in [-0.3, -0.25) is 0 Å². The van der Waals surface area contributed by atoms with Crippen LogP contribution in [0.2, 0.25) is 0 Å². The highest BCUT2D eigenvalue weighted by Crippen LogP contribution is 2.39. The van der Waals surface area contributed by atoms with Crippen molar-refractivity contribution in [1.82, 2.24) is 0 Å². The van der Waals surface area contributed by atoms with E-state index in [9.17, 15) is 5.26 Å². The molecule has 3 rings (SSSR count). The van der Waals surface area contributed by atoms with E-state index in [0.29, 0.717) is 6.61 Å². The second-order valence-corrected chi connectivity index (χ2v) is 6.05. The Morgan fingerprint density at radius 1 is 0.909 bits per heavy atom. The highest BCUT2D eigenvalue weighted by Gasteiger charge is 2.33. The summed E-state index contributed by atoms with van der Waals surface area (Å²) in [5.41, 5.74) is 2.02. The number of ether oxygens (including phenoxy) is 1. The lowest BCUT2D eigenvalue weighted by atomic mass is 9.70. The van der Waals surface area contributed by atoms with Crippen molar-refractivity contribution in [2.24, 2.45) is 0 Å². The summed E-state index contributed by atoms with van der Waals surface area (Å²) in [6, 6.07) is 20.8. The molecule has 0 unspecified atom stereocenters. The van der Waals surface area contributed by atoms with Gasteiger partial charge in [-0.25, -0.2) is 0 Å². The highest BCUT2D eigenvalue weighted by atomic mass is 16.5. The smallest absolute Gasteiger partial charge is 0.119 e. The molecule has 2 aromatic carbocycles. The molecule has 0 N–H and O–H groups in total. The second kappa shape index (κ2) is 6.66. The third-order valence-electron chi connectivity index (χ3n) is 4.58. The van der Waals surface area contributed by atoms with Crippen LogP contribution in [0.1, 0.15) is 43.2 Å². The first kappa shape index (κ1) is 14.7. The van der Waals surface area contributed by atoms with E-state index in [0.717, 1.165) is 42.6 Å². The molecular formula is C20H21NO. The molecule has 1 fully saturated rings. The van der Waals surface area contributed by atoms with Crippen molar-refractivity contribution < 1.29 is 4.74 Å². The zero-order chi connectivity index (χ0) is 15.3. The van der Waals surface area contributed by atoms with Gasteiger partial charge in [0.2, 0.25) is 0 Å². The summed E-state index contributed by atoms with van der Waals surface area (Å²) >= 11 is 0. The molecule has 0 aliphatic heterocycles. The van der Waals surface area contributed by atoms with Crippen molar-refractivity contribution in [2.45, 2.75) is 44.1 Å². The standard InChI is InChI=1S/C20H21NO/c21-16-20(13-5-2-6-14-20)18-9-11-19(12-10-18)22-15-17-7-3-1-4-8-17/h1,3-4,7-12H,2,5-6,13-15H2. The molecule has 0 saturated heterocycles. The van der Waals surface area contributed by atoms with Crippen LogP contribution in [0.4, 0.5) is 0 Å². The monoisotopic (exact) mass is 291 g/mol. The quantitative estimate of drug-likeness (QED) is 0.795. The highest BCUT2D eigenvalue weighted by molar-refractivity contribution is 5.37. The van der Waals surface area contributed by atoms with E-state index in [-0.39, 0.29) is 5.41 Å². The van der Waals surface area contributed by atoms with Crippen LogP contribution in [0.3, 0.4) is 0 Å². The predicted octanol–water partition coefficient (Wildman–Crippen LogP) is 4.99. The van der Waals surface area contributed by atoms with Crippen LogP contribution in [-0.4, -0.2) is 0 Å². The molecule has 0 bridgehead atoms. The maximum Gasteiger partial charge on any atom is 0.119 e. The summed E-state index contributed by atoms with van der Waals surface area (Å²) in [6.07, 6.45) is 5.52. The Morgan fingerprint density at radius 3 is 2.23 bits per heavy atom. The van der Waals surface area contributed by atoms with Gasteiger partial charge in [-0.05, 0) is 36.1 Å². The van der Waals surface area contributed by atoms with E-state index in [1.807, 2.05) is 30.3 Å². The van der Waals surface area contributed by atoms with Gasteiger partial charge in [0.05, 0.1) is 11.5 Å². The molecule has 2 heteroatoms. The number of hydrogen-bond donors (Lipinski definition) is 0. The lowest BCUT2D eigenvalue weighted by Gasteiger charge is -2.31. The Bertz CT molecular complexity index is 634. The van der Waals surface area contributed by atoms with Gasteiger partial charge in [-0.2, -0.15) is 5.26 Å². The van der Waals surface area contributed by atoms with E-state index in [2.05, 4.69) is 30.3 Å². The fraction of sp³-hybridized carbons (Fsp3) is 0.350. The first-order chi connectivity index (χ1) is 10.8. The zero-order valence-electron chi connectivity index (χ0n) is 12.8. The molecule has 0 spiro atoms. The van der Waals surface area contributed by atoms with Crippen molar-refractivity contribution in [1.29, 1.82) is 5.26 Å². The zero-order valence-corrected chi connectivity index (χ0v) is 12.8. The third-order valence-corrected chi connectivity index (χ3v) is 4.58. The number of nitrogens with zero attached hydrogens (tertiary/aromatic N) is 1. The van der Waals surface area contributed by atoms with Gasteiger partial charge in [0.15, 0.2) is 0 Å². The largest absolute Gasteiger partial charge is 0.489 e. The van der Waals surface area contributed by atoms with Crippen LogP contribution in [0.15, 0.2) is 54.6 Å². The van der Waals surface area contributed by atoms with E-state index >= 15 is 0 Å². The fourth-order valence-corrected chi connectivity index (χ4v) is 3.23. The Hall–Kier alpha value is -2.27. The van der Waals surface area contributed by atoms with Crippen LogP contribution < -0.4 is 4.74 Å². The molecule has 1 aliphatic rings. The topological polar surface area (TPSA) is 33.0 Å². The predicted molar refractivity (Wildman–Crippen MR) is 87.6 cm³/mol. The van der Waals surface area contributed by atoms with Crippen molar-refractivity contribution in [3.05, 3.63) is 65.7 Å². The van der Waals surface area contributed by atoms with E-state index in [1.54, 1.807) is 0 Å². The first-order valence-electron chi connectivity index (χ1n) is 8.01. The third kappa shape index (κ3) is 3.14. The minimum Gasteiger partial charge on any atom is -0.489 e. The minimum atomic E-state index is -0.282. The average molecular weight is 291 g/mol. The molecule has 1 saturated carbocycles. The Balaban J connectivity index is 1.68. The summed E-state index contributed by atoms with van der Waals surface area (Å²) in [5, 5.41) is 9.64. The van der Waals surface area contributed by atoms with Crippen LogP contribution in [-0.2, 0) is 12.0 Å². The maximum absolute atomic E-state index is 9.64. The van der Waals surface area contributed by atoms with Crippen molar-refractivity contribution in [3.8, 4) is 11.8 Å². The summed E-state index contributed by atoms with van der Waals surface area (Å²) in [7, 11) is 0. The lowest BCUT2D eigenvalue weighted by molar-refractivity contribution is 0.305. The molecule has 2 nitrogen and oxygen atoms in total. The van der Waals surface area contributed by atoms with Crippen molar-refractivity contribution in [3.63, 3.8) is 0 Å². The lowest BCUT2D eigenvalue weighted by Crippen LogP contribution is -2.26. The molecule has 0 aromatic heterocycles. The summed E-state index contributed by atoms with van der Waals surface area (Å²) < 4.78 is 5.82. The fourth-order valence-electron chi connectivity index (χ4n) is 3.23. The van der Waals surface area contributed by atoms with Gasteiger partial charge in [0.1, 0.15) is 12.4 Å². The molecule has 0 radical (unpaired) electrons. The van der Waals surface area contributed by atoms with Crippen molar-refractivity contribution in [2.75, 3.05) is 0 Å². The van der Waals surface area contributed by atoms with Crippen LogP contribution >= 0.6 is 0 Å². The molecule has 22 heavy (non-hydrogen) atoms. The van der Waals surface area contributed by atoms with Gasteiger partial charge >= 0.3 is 0 Å². The Morgan fingerprint density at radius 2 is 1.59 bits per heavy atom. The molecule has 2 aromatic rings. The van der Waals surface area contributed by atoms with Gasteiger partial charge < -0.3 is 4.74 Å². The number of nitriles is 1. The van der Waals surface area contributed by atoms with E-state index in [1.165, 1.54) is 6.42 Å². The van der Waals surface area contributed by atoms with Crippen LogP contribution in [0, 0.1) is 11.3 Å². The van der Waals surface area contributed by atoms with Crippen molar-refractivity contribution >= 4 is 0 Å². The maximum atomic E-state index is 9.64. The molecular weight excluding hydrogens is 270 g/mol. The average Bonchev–Trinajstić information content (AvgIpc) is 2.62. The number of benzene rings is 2. The molecule has 1 aliphatic carbocycles. The first-order valence-corrected chi connectivity index (χ1v) is 8.01. The van der Waals surface area contributed by atoms with Gasteiger partial charge in [0.25, 0.3) is 0 Å². The Labute approximate surface area is 132 Å². The summed E-state index contributed by atoms with van der Waals surface area (Å²) in [4.78, 5) is 0. The van der Waals surface area contributed by atoms with Gasteiger partial charge in [-0.15, -0.1) is 0 Å². The SMILES string of the molecule is N#CC1(c2ccc(OCc3ccccc3)cc2)CCCCC1. The summed E-state index contributed by atoms with van der Waals surface area (Å²) in [6.45, 7) is 0.573.